The fraction of sp³-hybridized carbons (Fsp3) is 0.447. The molecule has 0 aliphatic heterocycles. The molecule has 2 atom stereocenters. The molecule has 2 aromatic carbocycles. The molecule has 554 valence electrons. The molecule has 28 nitrogen and oxygen atoms in total. The van der Waals surface area contributed by atoms with Crippen LogP contribution in [0.25, 0.3) is 67.9 Å². The molecule has 2 unspecified atom stereocenters. The largest absolute Gasteiger partial charge is 0.444 e. The number of carbonyl (C=O) groups is 6. The van der Waals surface area contributed by atoms with Gasteiger partial charge in [0.1, 0.15) is 45.0 Å². The van der Waals surface area contributed by atoms with Crippen molar-refractivity contribution in [3.05, 3.63) is 142 Å². The Bertz CT molecular complexity index is 4460. The van der Waals surface area contributed by atoms with Crippen LogP contribution in [0.3, 0.4) is 0 Å². The van der Waals surface area contributed by atoms with Crippen molar-refractivity contribution in [2.24, 2.45) is 5.92 Å². The molecule has 6 amide bonds. The average molecular weight is 1430 g/mol. The topological polar surface area (TPSA) is 329 Å². The molecular formula is C76H94N12O16. The number of imide groups is 2. The van der Waals surface area contributed by atoms with Crippen LogP contribution in [-0.2, 0) is 41.5 Å². The van der Waals surface area contributed by atoms with Gasteiger partial charge in [-0.25, -0.2) is 48.7 Å². The van der Waals surface area contributed by atoms with E-state index in [1.807, 2.05) is 69.3 Å². The minimum Gasteiger partial charge on any atom is -0.444 e. The van der Waals surface area contributed by atoms with Crippen LogP contribution in [0.4, 0.5) is 40.4 Å². The SMILES string of the molecule is CC1CCC(n2cc(-c3cnc(N(C(=O)OC(C)(C)C)C(=O)OC(C)(C)C)c(-c4cc(-c5ccc(CN(C)C(=O)OC(C)(C)C)cc5)no4)n3)ccc2=O)C1.CN(Cc1ccc(-c2cc(-c3nc(-c4ccc(=O)[nH]c4)cnc3N(C(=O)OC(C)(C)C)C(=O)OC(C)(C)C)on2)cc1)C(=O)OC(C)(C)C. The number of H-pyrrole nitrogens is 1. The highest BCUT2D eigenvalue weighted by Gasteiger charge is 2.40. The number of anilines is 2. The third-order valence-corrected chi connectivity index (χ3v) is 14.8. The maximum atomic E-state index is 13.7. The van der Waals surface area contributed by atoms with Crippen molar-refractivity contribution < 1.29 is 66.2 Å². The number of amides is 6. The number of aromatic nitrogens is 8. The van der Waals surface area contributed by atoms with Gasteiger partial charge in [0.05, 0.1) is 23.8 Å². The molecular weight excluding hydrogens is 1340 g/mol. The number of nitrogens with one attached hydrogen (secondary N) is 1. The first-order valence-corrected chi connectivity index (χ1v) is 33.9. The van der Waals surface area contributed by atoms with Crippen LogP contribution < -0.4 is 20.9 Å². The van der Waals surface area contributed by atoms with E-state index in [1.54, 1.807) is 153 Å². The van der Waals surface area contributed by atoms with Gasteiger partial charge in [-0.15, -0.1) is 0 Å². The highest BCUT2D eigenvalue weighted by molar-refractivity contribution is 6.11. The van der Waals surface area contributed by atoms with Crippen LogP contribution in [0.2, 0.25) is 0 Å². The second-order valence-corrected chi connectivity index (χ2v) is 31.3. The lowest BCUT2D eigenvalue weighted by Crippen LogP contribution is -2.44. The van der Waals surface area contributed by atoms with Gasteiger partial charge < -0.3 is 56.8 Å². The zero-order chi connectivity index (χ0) is 76.8. The Kier molecular flexibility index (Phi) is 23.6. The van der Waals surface area contributed by atoms with Crippen LogP contribution >= 0.6 is 0 Å². The van der Waals surface area contributed by atoms with Crippen molar-refractivity contribution >= 4 is 48.2 Å². The quantitative estimate of drug-likeness (QED) is 0.105. The standard InChI is InChI=1S/C41H52N6O8.C35H42N6O8/c1-25-12-18-29(20-25)46-24-28(17-19-33(46)48)31-22-42-35(47(37(50)53-40(5,6)7)38(51)54-41(8,9)10)34(43-31)32-21-30(44-55-32)27-15-13-26(14-16-27)23-45(11)36(49)52-39(2,3)4;1-33(2,3)46-30(43)40(10)20-21-11-13-22(14-12-21)24-17-26(49-39-24)28-29(37-19-25(38-28)23-15-16-27(42)36-18-23)41(31(44)47-34(4,5)6)32(45)48-35(7,8)9/h13-17,19,21-22,24-25,29H,12,18,20,23H2,1-11H3;11-19H,20H2,1-10H3,(H,36,42). The summed E-state index contributed by atoms with van der Waals surface area (Å²) in [6.45, 7) is 33.7. The van der Waals surface area contributed by atoms with Gasteiger partial charge in [-0.05, 0) is 173 Å². The molecule has 6 aromatic heterocycles. The van der Waals surface area contributed by atoms with E-state index in [4.69, 9.17) is 47.4 Å². The molecule has 104 heavy (non-hydrogen) atoms. The van der Waals surface area contributed by atoms with Gasteiger partial charge in [0.25, 0.3) is 5.56 Å². The van der Waals surface area contributed by atoms with E-state index in [0.717, 1.165) is 30.4 Å². The van der Waals surface area contributed by atoms with E-state index < -0.39 is 70.2 Å². The monoisotopic (exact) mass is 1430 g/mol. The summed E-state index contributed by atoms with van der Waals surface area (Å²) >= 11 is 0. The van der Waals surface area contributed by atoms with Gasteiger partial charge in [0.2, 0.25) is 5.56 Å². The maximum Gasteiger partial charge on any atom is 0.425 e. The predicted octanol–water partition coefficient (Wildman–Crippen LogP) is 16.2. The van der Waals surface area contributed by atoms with E-state index >= 15 is 0 Å². The number of ether oxygens (including phenoxy) is 6. The Balaban J connectivity index is 0.000000265. The molecule has 6 heterocycles. The zero-order valence-electron chi connectivity index (χ0n) is 63.0. The molecule has 0 spiro atoms. The summed E-state index contributed by atoms with van der Waals surface area (Å²) in [7, 11) is 3.32. The molecule has 1 saturated carbocycles. The van der Waals surface area contributed by atoms with Crippen molar-refractivity contribution in [2.45, 2.75) is 204 Å². The van der Waals surface area contributed by atoms with Crippen LogP contribution in [-0.4, -0.2) is 134 Å². The molecule has 1 aliphatic carbocycles. The molecule has 0 saturated heterocycles. The van der Waals surface area contributed by atoms with Crippen molar-refractivity contribution in [1.82, 2.24) is 49.6 Å². The smallest absolute Gasteiger partial charge is 0.425 e. The lowest BCUT2D eigenvalue weighted by Gasteiger charge is -2.28. The van der Waals surface area contributed by atoms with Crippen LogP contribution in [0, 0.1) is 5.92 Å². The number of aromatic amines is 1. The van der Waals surface area contributed by atoms with Gasteiger partial charge in [0, 0.05) is 92.1 Å². The van der Waals surface area contributed by atoms with Gasteiger partial charge in [-0.1, -0.05) is 65.8 Å². The number of hydrogen-bond acceptors (Lipinski definition) is 22. The summed E-state index contributed by atoms with van der Waals surface area (Å²) in [6.07, 6.45) is 3.81. The minimum absolute atomic E-state index is 0.0100. The molecule has 28 heteroatoms. The second-order valence-electron chi connectivity index (χ2n) is 31.3. The number of nitrogens with zero attached hydrogens (tertiary/aromatic N) is 11. The lowest BCUT2D eigenvalue weighted by molar-refractivity contribution is 0.0275. The first-order chi connectivity index (χ1) is 48.3. The Morgan fingerprint density at radius 1 is 0.471 bits per heavy atom. The molecule has 1 N–H and O–H groups in total. The summed E-state index contributed by atoms with van der Waals surface area (Å²) in [4.78, 5) is 130. The van der Waals surface area contributed by atoms with Crippen LogP contribution in [0.15, 0.2) is 128 Å². The number of carbonyl (C=O) groups excluding carboxylic acids is 6. The highest BCUT2D eigenvalue weighted by atomic mass is 16.6. The molecule has 1 aliphatic rings. The fourth-order valence-electron chi connectivity index (χ4n) is 10.3. The summed E-state index contributed by atoms with van der Waals surface area (Å²) in [5.41, 5.74) is 0.207. The Morgan fingerprint density at radius 3 is 1.17 bits per heavy atom. The van der Waals surface area contributed by atoms with Gasteiger partial charge in [-0.3, -0.25) is 9.59 Å². The zero-order valence-corrected chi connectivity index (χ0v) is 63.0. The van der Waals surface area contributed by atoms with E-state index in [2.05, 4.69) is 32.2 Å². The second kappa shape index (κ2) is 31.3. The number of rotatable bonds is 13. The van der Waals surface area contributed by atoms with Crippen molar-refractivity contribution in [2.75, 3.05) is 23.9 Å². The predicted molar refractivity (Wildman–Crippen MR) is 389 cm³/mol. The summed E-state index contributed by atoms with van der Waals surface area (Å²) < 4.78 is 46.6. The summed E-state index contributed by atoms with van der Waals surface area (Å²) in [5, 5.41) is 8.51. The number of hydrogen-bond donors (Lipinski definition) is 1. The molecule has 1 fully saturated rings. The van der Waals surface area contributed by atoms with E-state index in [-0.39, 0.29) is 51.7 Å². The lowest BCUT2D eigenvalue weighted by atomic mass is 10.1. The van der Waals surface area contributed by atoms with Crippen molar-refractivity contribution in [1.29, 1.82) is 0 Å². The number of benzene rings is 2. The summed E-state index contributed by atoms with van der Waals surface area (Å²) in [5.74, 6) is 0.263. The molecule has 8 aromatic rings. The molecule has 0 bridgehead atoms. The van der Waals surface area contributed by atoms with E-state index in [9.17, 15) is 38.4 Å². The molecule has 9 rings (SSSR count). The van der Waals surface area contributed by atoms with Gasteiger partial charge in [0.15, 0.2) is 34.5 Å². The van der Waals surface area contributed by atoms with Crippen LogP contribution in [0.1, 0.15) is 168 Å². The fourth-order valence-corrected chi connectivity index (χ4v) is 10.3. The summed E-state index contributed by atoms with van der Waals surface area (Å²) in [6, 6.07) is 24.1. The minimum atomic E-state index is -1.04. The third-order valence-electron chi connectivity index (χ3n) is 14.8. The Morgan fingerprint density at radius 2 is 0.827 bits per heavy atom. The van der Waals surface area contributed by atoms with Gasteiger partial charge >= 0.3 is 36.6 Å². The van der Waals surface area contributed by atoms with Gasteiger partial charge in [-0.2, -0.15) is 9.80 Å². The first-order valence-electron chi connectivity index (χ1n) is 33.9. The number of pyridine rings is 2. The molecule has 0 radical (unpaired) electrons. The van der Waals surface area contributed by atoms with E-state index in [0.29, 0.717) is 73.8 Å². The normalized spacial score (nSPS) is 14.1. The highest BCUT2D eigenvalue weighted by Crippen LogP contribution is 2.39. The van der Waals surface area contributed by atoms with Crippen molar-refractivity contribution in [3.63, 3.8) is 0 Å². The average Bonchev–Trinajstić information content (AvgIpc) is 1.38. The third kappa shape index (κ3) is 22.0. The van der Waals surface area contributed by atoms with Crippen molar-refractivity contribution in [3.8, 4) is 67.9 Å². The van der Waals surface area contributed by atoms with E-state index in [1.165, 1.54) is 40.5 Å². The first kappa shape index (κ1) is 78.7. The van der Waals surface area contributed by atoms with Crippen LogP contribution in [0.5, 0.6) is 0 Å². The Hall–Kier alpha value is -11.1. The maximum absolute atomic E-state index is 13.7. The Labute approximate surface area is 604 Å².